The Morgan fingerprint density at radius 1 is 1.03 bits per heavy atom. The minimum absolute atomic E-state index is 0. The van der Waals surface area contributed by atoms with Crippen LogP contribution in [0.5, 0.6) is 11.5 Å². The molecule has 0 fully saturated rings. The fourth-order valence-corrected chi connectivity index (χ4v) is 4.80. The SMILES string of the molecule is COc1c2c(c(OC)c3sc(C(=O)NCCCN)cc13)C(=O)c1ccccc1C2=O.Cl. The number of carbonyl (C=O) groups excluding carboxylic acids is 3. The van der Waals surface area contributed by atoms with Crippen LogP contribution in [-0.2, 0) is 0 Å². The van der Waals surface area contributed by atoms with E-state index in [9.17, 15) is 14.4 Å². The van der Waals surface area contributed by atoms with Gasteiger partial charge in [-0.25, -0.2) is 0 Å². The Balaban J connectivity index is 0.00000272. The summed E-state index contributed by atoms with van der Waals surface area (Å²) in [7, 11) is 2.89. The number of nitrogens with two attached hydrogens (primary N) is 1. The van der Waals surface area contributed by atoms with Crippen molar-refractivity contribution in [2.45, 2.75) is 6.42 Å². The van der Waals surface area contributed by atoms with Crippen molar-refractivity contribution in [3.8, 4) is 11.5 Å². The van der Waals surface area contributed by atoms with Crippen LogP contribution in [0.3, 0.4) is 0 Å². The van der Waals surface area contributed by atoms with Crippen LogP contribution >= 0.6 is 23.7 Å². The zero-order valence-corrected chi connectivity index (χ0v) is 18.6. The van der Waals surface area contributed by atoms with Gasteiger partial charge in [0, 0.05) is 23.1 Å². The van der Waals surface area contributed by atoms with Crippen LogP contribution in [0.15, 0.2) is 30.3 Å². The fraction of sp³-hybridized carbons (Fsp3) is 0.227. The van der Waals surface area contributed by atoms with Gasteiger partial charge in [-0.1, -0.05) is 24.3 Å². The molecule has 0 atom stereocenters. The summed E-state index contributed by atoms with van der Waals surface area (Å²) >= 11 is 1.19. The van der Waals surface area contributed by atoms with Crippen molar-refractivity contribution in [3.63, 3.8) is 0 Å². The van der Waals surface area contributed by atoms with Crippen LogP contribution in [0.25, 0.3) is 10.1 Å². The normalized spacial score (nSPS) is 12.1. The van der Waals surface area contributed by atoms with Gasteiger partial charge in [-0.3, -0.25) is 14.4 Å². The highest BCUT2D eigenvalue weighted by molar-refractivity contribution is 7.21. The number of thiophene rings is 1. The van der Waals surface area contributed by atoms with E-state index < -0.39 is 0 Å². The molecule has 162 valence electrons. The van der Waals surface area contributed by atoms with Crippen LogP contribution in [-0.4, -0.2) is 44.8 Å². The number of benzene rings is 2. The molecular formula is C22H21ClN2O5S. The van der Waals surface area contributed by atoms with Gasteiger partial charge >= 0.3 is 0 Å². The number of hydrogen-bond donors (Lipinski definition) is 2. The standard InChI is InChI=1S/C22H20N2O5S.ClH/c1-28-19-13-10-14(22(27)24-9-5-8-23)30-21(13)20(29-2)16-15(19)17(25)11-6-3-4-7-12(11)18(16)26;/h3-4,6-7,10H,5,8-9,23H2,1-2H3,(H,24,27);1H. The topological polar surface area (TPSA) is 108 Å². The summed E-state index contributed by atoms with van der Waals surface area (Å²) in [6.45, 7) is 0.937. The smallest absolute Gasteiger partial charge is 0.261 e. The molecule has 1 amide bonds. The van der Waals surface area contributed by atoms with Crippen molar-refractivity contribution in [2.75, 3.05) is 27.3 Å². The van der Waals surface area contributed by atoms with E-state index in [1.165, 1.54) is 25.6 Å². The molecule has 0 spiro atoms. The van der Waals surface area contributed by atoms with Crippen molar-refractivity contribution >= 4 is 51.3 Å². The number of hydrogen-bond acceptors (Lipinski definition) is 7. The van der Waals surface area contributed by atoms with Crippen molar-refractivity contribution < 1.29 is 23.9 Å². The van der Waals surface area contributed by atoms with Gasteiger partial charge in [0.15, 0.2) is 11.6 Å². The summed E-state index contributed by atoms with van der Waals surface area (Å²) in [6, 6.07) is 8.34. The first-order valence-corrected chi connectivity index (χ1v) is 10.2. The molecule has 0 saturated carbocycles. The molecule has 2 aromatic carbocycles. The van der Waals surface area contributed by atoms with Crippen molar-refractivity contribution in [2.24, 2.45) is 5.73 Å². The van der Waals surface area contributed by atoms with Crippen LogP contribution < -0.4 is 20.5 Å². The number of rotatable bonds is 6. The van der Waals surface area contributed by atoms with Crippen molar-refractivity contribution in [1.82, 2.24) is 5.32 Å². The maximum Gasteiger partial charge on any atom is 0.261 e. The lowest BCUT2D eigenvalue weighted by molar-refractivity contribution is 0.0956. The van der Waals surface area contributed by atoms with Crippen LogP contribution in [0.4, 0.5) is 0 Å². The molecule has 1 heterocycles. The number of amides is 1. The number of halogens is 1. The molecule has 0 aliphatic heterocycles. The minimum Gasteiger partial charge on any atom is -0.495 e. The van der Waals surface area contributed by atoms with E-state index in [-0.39, 0.29) is 52.5 Å². The van der Waals surface area contributed by atoms with Crippen molar-refractivity contribution in [1.29, 1.82) is 0 Å². The van der Waals surface area contributed by atoms with Gasteiger partial charge in [-0.2, -0.15) is 0 Å². The Morgan fingerprint density at radius 2 is 1.61 bits per heavy atom. The average Bonchev–Trinajstić information content (AvgIpc) is 3.21. The Labute approximate surface area is 188 Å². The number of ether oxygens (including phenoxy) is 2. The lowest BCUT2D eigenvalue weighted by Crippen LogP contribution is -2.25. The lowest BCUT2D eigenvalue weighted by Gasteiger charge is -2.22. The second-order valence-corrected chi connectivity index (χ2v) is 7.82. The molecule has 0 unspecified atom stereocenters. The second kappa shape index (κ2) is 9.05. The molecular weight excluding hydrogens is 440 g/mol. The van der Waals surface area contributed by atoms with Gasteiger partial charge in [-0.05, 0) is 19.0 Å². The van der Waals surface area contributed by atoms with E-state index in [0.717, 1.165) is 0 Å². The van der Waals surface area contributed by atoms with Gasteiger partial charge in [0.2, 0.25) is 0 Å². The number of carbonyl (C=O) groups is 3. The largest absolute Gasteiger partial charge is 0.495 e. The third-order valence-electron chi connectivity index (χ3n) is 5.06. The predicted octanol–water partition coefficient (Wildman–Crippen LogP) is 3.19. The third kappa shape index (κ3) is 3.56. The van der Waals surface area contributed by atoms with Gasteiger partial charge in [0.1, 0.15) is 11.5 Å². The monoisotopic (exact) mass is 460 g/mol. The highest BCUT2D eigenvalue weighted by atomic mass is 35.5. The van der Waals surface area contributed by atoms with Crippen molar-refractivity contribution in [3.05, 3.63) is 57.5 Å². The number of fused-ring (bicyclic) bond motifs is 3. The summed E-state index contributed by atoms with van der Waals surface area (Å²) in [5.74, 6) is -0.324. The summed E-state index contributed by atoms with van der Waals surface area (Å²) in [6.07, 6.45) is 0.666. The first kappa shape index (κ1) is 22.7. The molecule has 31 heavy (non-hydrogen) atoms. The van der Waals surface area contributed by atoms with E-state index in [2.05, 4.69) is 5.32 Å². The number of nitrogens with one attached hydrogen (secondary N) is 1. The zero-order valence-electron chi connectivity index (χ0n) is 16.9. The molecule has 3 aromatic rings. The van der Waals surface area contributed by atoms with E-state index in [4.69, 9.17) is 15.2 Å². The van der Waals surface area contributed by atoms with E-state index in [0.29, 0.717) is 45.6 Å². The number of ketones is 2. The first-order valence-electron chi connectivity index (χ1n) is 9.41. The quantitative estimate of drug-likeness (QED) is 0.428. The molecule has 1 aliphatic rings. The predicted molar refractivity (Wildman–Crippen MR) is 121 cm³/mol. The Morgan fingerprint density at radius 3 is 2.16 bits per heavy atom. The fourth-order valence-electron chi connectivity index (χ4n) is 3.70. The summed E-state index contributed by atoms with van der Waals surface area (Å²) < 4.78 is 11.7. The minimum atomic E-state index is -0.308. The maximum absolute atomic E-state index is 13.3. The molecule has 1 aliphatic carbocycles. The Bertz CT molecular complexity index is 1120. The molecule has 7 nitrogen and oxygen atoms in total. The Hall–Kier alpha value is -2.94. The third-order valence-corrected chi connectivity index (χ3v) is 6.19. The van der Waals surface area contributed by atoms with Gasteiger partial charge in [0.25, 0.3) is 5.91 Å². The maximum atomic E-state index is 13.3. The van der Waals surface area contributed by atoms with Gasteiger partial charge < -0.3 is 20.5 Å². The van der Waals surface area contributed by atoms with Crippen LogP contribution in [0, 0.1) is 0 Å². The molecule has 3 N–H and O–H groups in total. The average molecular weight is 461 g/mol. The van der Waals surface area contributed by atoms with Crippen LogP contribution in [0.1, 0.15) is 47.9 Å². The summed E-state index contributed by atoms with van der Waals surface area (Å²) in [5, 5.41) is 3.37. The molecule has 1 aromatic heterocycles. The van der Waals surface area contributed by atoms with Gasteiger partial charge in [0.05, 0.1) is 34.9 Å². The first-order chi connectivity index (χ1) is 14.5. The van der Waals surface area contributed by atoms with Gasteiger partial charge in [-0.15, -0.1) is 23.7 Å². The van der Waals surface area contributed by atoms with E-state index >= 15 is 0 Å². The van der Waals surface area contributed by atoms with E-state index in [1.807, 2.05) is 0 Å². The summed E-state index contributed by atoms with van der Waals surface area (Å²) in [4.78, 5) is 39.6. The highest BCUT2D eigenvalue weighted by Crippen LogP contribution is 2.48. The summed E-state index contributed by atoms with van der Waals surface area (Å²) in [5.41, 5.74) is 6.46. The second-order valence-electron chi connectivity index (χ2n) is 6.77. The Kier molecular flexibility index (Phi) is 6.64. The molecule has 9 heteroatoms. The molecule has 0 radical (unpaired) electrons. The highest BCUT2D eigenvalue weighted by Gasteiger charge is 2.37. The molecule has 0 saturated heterocycles. The molecule has 0 bridgehead atoms. The molecule has 4 rings (SSSR count). The lowest BCUT2D eigenvalue weighted by atomic mass is 9.82. The number of methoxy groups -OCH3 is 2. The van der Waals surface area contributed by atoms with Crippen LogP contribution in [0.2, 0.25) is 0 Å². The zero-order chi connectivity index (χ0) is 21.4. The van der Waals surface area contributed by atoms with E-state index in [1.54, 1.807) is 30.3 Å².